The van der Waals surface area contributed by atoms with Gasteiger partial charge in [-0.2, -0.15) is 0 Å². The normalized spacial score (nSPS) is 17.2. The Labute approximate surface area is 120 Å². The molecule has 20 heavy (non-hydrogen) atoms. The molecule has 0 atom stereocenters. The number of benzene rings is 1. The standard InChI is InChI=1S/C14H21NO4S/c1-11(2)19-12-3-5-13(6-4-12)20(17,18)15-9-14(10-16)7-8-14/h3-6,11,15-16H,7-10H2,1-2H3. The fourth-order valence-corrected chi connectivity index (χ4v) is 3.03. The van der Waals surface area contributed by atoms with Crippen LogP contribution in [0.25, 0.3) is 0 Å². The minimum Gasteiger partial charge on any atom is -0.491 e. The highest BCUT2D eigenvalue weighted by atomic mass is 32.2. The third kappa shape index (κ3) is 3.71. The lowest BCUT2D eigenvalue weighted by Gasteiger charge is -2.14. The summed E-state index contributed by atoms with van der Waals surface area (Å²) in [5, 5.41) is 9.19. The van der Waals surface area contributed by atoms with Crippen molar-refractivity contribution >= 4 is 10.0 Å². The number of rotatable bonds is 7. The Bertz CT molecular complexity index is 547. The van der Waals surface area contributed by atoms with Gasteiger partial charge in [0.05, 0.1) is 11.0 Å². The molecule has 0 aromatic heterocycles. The van der Waals surface area contributed by atoms with Crippen molar-refractivity contribution in [3.8, 4) is 5.75 Å². The fourth-order valence-electron chi connectivity index (χ4n) is 1.87. The highest BCUT2D eigenvalue weighted by Crippen LogP contribution is 2.44. The minimum absolute atomic E-state index is 0.0245. The quantitative estimate of drug-likeness (QED) is 0.800. The van der Waals surface area contributed by atoms with Crippen LogP contribution >= 0.6 is 0 Å². The number of sulfonamides is 1. The van der Waals surface area contributed by atoms with E-state index >= 15 is 0 Å². The van der Waals surface area contributed by atoms with Crippen molar-refractivity contribution in [2.45, 2.75) is 37.7 Å². The van der Waals surface area contributed by atoms with Gasteiger partial charge in [-0.25, -0.2) is 13.1 Å². The molecule has 1 aromatic rings. The molecule has 2 rings (SSSR count). The molecule has 2 N–H and O–H groups in total. The van der Waals surface area contributed by atoms with E-state index in [1.807, 2.05) is 13.8 Å². The van der Waals surface area contributed by atoms with Gasteiger partial charge in [-0.05, 0) is 51.0 Å². The van der Waals surface area contributed by atoms with E-state index in [-0.39, 0.29) is 29.6 Å². The van der Waals surface area contributed by atoms with E-state index < -0.39 is 10.0 Å². The fraction of sp³-hybridized carbons (Fsp3) is 0.571. The summed E-state index contributed by atoms with van der Waals surface area (Å²) in [7, 11) is -3.53. The van der Waals surface area contributed by atoms with Crippen LogP contribution in [0.1, 0.15) is 26.7 Å². The van der Waals surface area contributed by atoms with E-state index in [2.05, 4.69) is 4.72 Å². The van der Waals surface area contributed by atoms with Crippen molar-refractivity contribution in [1.29, 1.82) is 0 Å². The molecule has 0 saturated heterocycles. The highest BCUT2D eigenvalue weighted by Gasteiger charge is 2.42. The number of hydrogen-bond donors (Lipinski definition) is 2. The van der Waals surface area contributed by atoms with Gasteiger partial charge < -0.3 is 9.84 Å². The third-order valence-corrected chi connectivity index (χ3v) is 4.85. The van der Waals surface area contributed by atoms with Crippen LogP contribution in [0.3, 0.4) is 0 Å². The summed E-state index contributed by atoms with van der Waals surface area (Å²) in [6.45, 7) is 4.14. The molecular formula is C14H21NO4S. The van der Waals surface area contributed by atoms with Crippen LogP contribution < -0.4 is 9.46 Å². The summed E-state index contributed by atoms with van der Waals surface area (Å²) in [6.07, 6.45) is 1.79. The van der Waals surface area contributed by atoms with Crippen LogP contribution in [0.2, 0.25) is 0 Å². The molecule has 112 valence electrons. The zero-order chi connectivity index (χ0) is 14.8. The second kappa shape index (κ2) is 5.71. The number of aliphatic hydroxyl groups is 1. The molecule has 0 spiro atoms. The molecule has 0 aliphatic heterocycles. The molecule has 0 heterocycles. The Morgan fingerprint density at radius 2 is 1.90 bits per heavy atom. The first-order chi connectivity index (χ1) is 9.37. The van der Waals surface area contributed by atoms with Crippen molar-refractivity contribution in [3.05, 3.63) is 24.3 Å². The number of hydrogen-bond acceptors (Lipinski definition) is 4. The Balaban J connectivity index is 2.02. The summed E-state index contributed by atoms with van der Waals surface area (Å²) in [5.41, 5.74) is -0.242. The van der Waals surface area contributed by atoms with Gasteiger partial charge in [0.15, 0.2) is 0 Å². The summed E-state index contributed by atoms with van der Waals surface area (Å²) in [5.74, 6) is 0.646. The zero-order valence-electron chi connectivity index (χ0n) is 11.8. The van der Waals surface area contributed by atoms with Crippen molar-refractivity contribution in [2.24, 2.45) is 5.41 Å². The molecule has 1 aliphatic carbocycles. The van der Waals surface area contributed by atoms with Crippen LogP contribution in [0, 0.1) is 5.41 Å². The topological polar surface area (TPSA) is 75.6 Å². The van der Waals surface area contributed by atoms with E-state index in [9.17, 15) is 13.5 Å². The molecule has 1 saturated carbocycles. The lowest BCUT2D eigenvalue weighted by atomic mass is 10.1. The number of ether oxygens (including phenoxy) is 1. The number of aliphatic hydroxyl groups excluding tert-OH is 1. The van der Waals surface area contributed by atoms with E-state index in [0.29, 0.717) is 5.75 Å². The molecule has 1 aliphatic rings. The monoisotopic (exact) mass is 299 g/mol. The molecule has 1 aromatic carbocycles. The van der Waals surface area contributed by atoms with Crippen molar-refractivity contribution in [3.63, 3.8) is 0 Å². The molecule has 1 fully saturated rings. The van der Waals surface area contributed by atoms with Crippen molar-refractivity contribution in [2.75, 3.05) is 13.2 Å². The highest BCUT2D eigenvalue weighted by molar-refractivity contribution is 7.89. The molecule has 0 radical (unpaired) electrons. The summed E-state index contributed by atoms with van der Waals surface area (Å²) >= 11 is 0. The molecule has 0 unspecified atom stereocenters. The molecular weight excluding hydrogens is 278 g/mol. The van der Waals surface area contributed by atoms with Gasteiger partial charge >= 0.3 is 0 Å². The predicted molar refractivity (Wildman–Crippen MR) is 76.1 cm³/mol. The summed E-state index contributed by atoms with van der Waals surface area (Å²) in [4.78, 5) is 0.211. The zero-order valence-corrected chi connectivity index (χ0v) is 12.6. The van der Waals surface area contributed by atoms with Gasteiger partial charge in [-0.15, -0.1) is 0 Å². The summed E-state index contributed by atoms with van der Waals surface area (Å²) in [6, 6.07) is 6.35. The largest absolute Gasteiger partial charge is 0.491 e. The maximum Gasteiger partial charge on any atom is 0.240 e. The molecule has 6 heteroatoms. The average molecular weight is 299 g/mol. The smallest absolute Gasteiger partial charge is 0.240 e. The van der Waals surface area contributed by atoms with Crippen LogP contribution in [0.4, 0.5) is 0 Å². The Morgan fingerprint density at radius 3 is 2.35 bits per heavy atom. The second-order valence-corrected chi connectivity index (χ2v) is 7.39. The van der Waals surface area contributed by atoms with Gasteiger partial charge in [-0.3, -0.25) is 0 Å². The second-order valence-electron chi connectivity index (χ2n) is 5.62. The van der Waals surface area contributed by atoms with E-state index in [4.69, 9.17) is 4.74 Å². The first kappa shape index (κ1) is 15.3. The summed E-state index contributed by atoms with van der Waals surface area (Å²) < 4.78 is 32.3. The lowest BCUT2D eigenvalue weighted by molar-refractivity contribution is 0.213. The van der Waals surface area contributed by atoms with Crippen molar-refractivity contribution < 1.29 is 18.3 Å². The Hall–Kier alpha value is -1.11. The lowest BCUT2D eigenvalue weighted by Crippen LogP contribution is -2.31. The first-order valence-corrected chi connectivity index (χ1v) is 8.22. The van der Waals surface area contributed by atoms with Gasteiger partial charge in [0.2, 0.25) is 10.0 Å². The van der Waals surface area contributed by atoms with Crippen LogP contribution in [0.5, 0.6) is 5.75 Å². The van der Waals surface area contributed by atoms with Gasteiger partial charge in [0.1, 0.15) is 5.75 Å². The van der Waals surface area contributed by atoms with Gasteiger partial charge in [0, 0.05) is 18.6 Å². The first-order valence-electron chi connectivity index (χ1n) is 6.74. The van der Waals surface area contributed by atoms with Crippen LogP contribution in [-0.4, -0.2) is 32.8 Å². The third-order valence-electron chi connectivity index (χ3n) is 3.44. The molecule has 5 nitrogen and oxygen atoms in total. The van der Waals surface area contributed by atoms with Crippen molar-refractivity contribution in [1.82, 2.24) is 4.72 Å². The SMILES string of the molecule is CC(C)Oc1ccc(S(=O)(=O)NCC2(CO)CC2)cc1. The maximum absolute atomic E-state index is 12.1. The predicted octanol–water partition coefficient (Wildman–Crippen LogP) is 1.52. The van der Waals surface area contributed by atoms with Crippen LogP contribution in [0.15, 0.2) is 29.2 Å². The molecule has 0 bridgehead atoms. The van der Waals surface area contributed by atoms with E-state index in [1.165, 1.54) is 12.1 Å². The van der Waals surface area contributed by atoms with Crippen LogP contribution in [-0.2, 0) is 10.0 Å². The van der Waals surface area contributed by atoms with Gasteiger partial charge in [-0.1, -0.05) is 0 Å². The average Bonchev–Trinajstić information content (AvgIpc) is 3.17. The van der Waals surface area contributed by atoms with E-state index in [1.54, 1.807) is 12.1 Å². The van der Waals surface area contributed by atoms with E-state index in [0.717, 1.165) is 12.8 Å². The number of nitrogens with one attached hydrogen (secondary N) is 1. The maximum atomic E-state index is 12.1. The minimum atomic E-state index is -3.53. The Kier molecular flexibility index (Phi) is 4.36. The Morgan fingerprint density at radius 1 is 1.30 bits per heavy atom. The van der Waals surface area contributed by atoms with Gasteiger partial charge in [0.25, 0.3) is 0 Å². The molecule has 0 amide bonds.